The van der Waals surface area contributed by atoms with Gasteiger partial charge in [-0.25, -0.2) is 0 Å². The molecule has 1 aromatic carbocycles. The summed E-state index contributed by atoms with van der Waals surface area (Å²) in [5, 5.41) is 51.3. The van der Waals surface area contributed by atoms with Gasteiger partial charge in [0.1, 0.15) is 42.6 Å². The molecule has 0 radical (unpaired) electrons. The summed E-state index contributed by atoms with van der Waals surface area (Å²) in [6.45, 7) is 2.84. The molecule has 3 amide bonds. The van der Waals surface area contributed by atoms with Crippen LogP contribution in [0.2, 0.25) is 0 Å². The van der Waals surface area contributed by atoms with Crippen LogP contribution in [-0.2, 0) is 39.8 Å². The maximum Gasteiger partial charge on any atom is 0.243 e. The number of amides is 3. The minimum absolute atomic E-state index is 0.00841. The van der Waals surface area contributed by atoms with Crippen LogP contribution in [0.3, 0.4) is 0 Å². The molecule has 1 aliphatic carbocycles. The zero-order chi connectivity index (χ0) is 38.3. The first-order valence-corrected chi connectivity index (χ1v) is 17.6. The van der Waals surface area contributed by atoms with Gasteiger partial charge in [-0.1, -0.05) is 37.3 Å². The van der Waals surface area contributed by atoms with Crippen LogP contribution in [0.1, 0.15) is 38.7 Å². The fourth-order valence-electron chi connectivity index (χ4n) is 6.54. The summed E-state index contributed by atoms with van der Waals surface area (Å²) < 4.78 is 23.7. The van der Waals surface area contributed by atoms with Crippen molar-refractivity contribution in [3.63, 3.8) is 0 Å². The Bertz CT molecular complexity index is 1320. The molecule has 14 unspecified atom stereocenters. The molecule has 4 rings (SSSR count). The highest BCUT2D eigenvalue weighted by Crippen LogP contribution is 2.31. The van der Waals surface area contributed by atoms with Gasteiger partial charge >= 0.3 is 0 Å². The maximum atomic E-state index is 13.5. The van der Waals surface area contributed by atoms with E-state index in [-0.39, 0.29) is 44.7 Å². The Morgan fingerprint density at radius 1 is 0.827 bits per heavy atom. The fraction of sp³-hybridized carbons (Fsp3) is 0.727. The summed E-state index contributed by atoms with van der Waals surface area (Å²) in [6.07, 6.45) is -11.7. The lowest BCUT2D eigenvalue weighted by molar-refractivity contribution is -0.311. The molecule has 17 N–H and O–H groups in total. The lowest BCUT2D eigenvalue weighted by Gasteiger charge is -2.48. The van der Waals surface area contributed by atoms with Crippen molar-refractivity contribution in [3.8, 4) is 0 Å². The molecular formula is C33H56N8O11. The number of aliphatic hydroxyl groups excluding tert-OH is 4. The largest absolute Gasteiger partial charge is 0.390 e. The molecule has 1 aromatic rings. The van der Waals surface area contributed by atoms with Crippen LogP contribution in [0.5, 0.6) is 0 Å². The van der Waals surface area contributed by atoms with E-state index in [1.165, 1.54) is 6.92 Å². The molecule has 2 aliphatic heterocycles. The van der Waals surface area contributed by atoms with E-state index in [2.05, 4.69) is 16.0 Å². The number of ether oxygens (including phenoxy) is 4. The average Bonchev–Trinajstić information content (AvgIpc) is 3.11. The van der Waals surface area contributed by atoms with Gasteiger partial charge < -0.3 is 84.0 Å². The molecule has 2 saturated heterocycles. The third kappa shape index (κ3) is 10.4. The molecule has 52 heavy (non-hydrogen) atoms. The summed E-state index contributed by atoms with van der Waals surface area (Å²) in [7, 11) is 0. The fourth-order valence-corrected chi connectivity index (χ4v) is 6.54. The van der Waals surface area contributed by atoms with Crippen LogP contribution in [0, 0.1) is 0 Å². The topological polar surface area (TPSA) is 335 Å². The van der Waals surface area contributed by atoms with Gasteiger partial charge in [-0.3, -0.25) is 14.4 Å². The Labute approximate surface area is 302 Å². The highest BCUT2D eigenvalue weighted by atomic mass is 16.7. The highest BCUT2D eigenvalue weighted by Gasteiger charge is 2.50. The molecule has 19 heteroatoms. The van der Waals surface area contributed by atoms with Crippen LogP contribution in [0.15, 0.2) is 30.3 Å². The predicted octanol–water partition coefficient (Wildman–Crippen LogP) is -5.53. The Morgan fingerprint density at radius 3 is 2.06 bits per heavy atom. The number of carbonyl (C=O) groups excluding carboxylic acids is 3. The molecular weight excluding hydrogens is 684 g/mol. The second-order valence-corrected chi connectivity index (χ2v) is 13.7. The standard InChI is InChI=1S/C33H56N8O11/c1-3-23(43)40-14(2)30(47)41-19(9-15-7-5-4-6-8-15)31(48)39-13-22-25(44)24(38)26(45)33(50-22)52-29-17(36)10-16(35)28(27(29)46)51-32-18(37)11-20(42)21(12-34)49-32/h4-8,14,16-22,24-29,32-33,42,44-46H,3,9-13,34-38H2,1-2H3,(H,39,48)(H,40,43)(H,41,47)/t14-,16?,17?,18?,19+,20?,21?,22?,24?,25?,26?,27?,28?,29?,32?,33?/m1/s1. The third-order valence-electron chi connectivity index (χ3n) is 9.72. The van der Waals surface area contributed by atoms with E-state index in [1.807, 2.05) is 6.07 Å². The zero-order valence-corrected chi connectivity index (χ0v) is 29.4. The van der Waals surface area contributed by atoms with E-state index in [1.54, 1.807) is 31.2 Å². The van der Waals surface area contributed by atoms with Gasteiger partial charge in [0, 0.05) is 38.0 Å². The zero-order valence-electron chi connectivity index (χ0n) is 29.4. The lowest BCUT2D eigenvalue weighted by Crippen LogP contribution is -2.68. The van der Waals surface area contributed by atoms with Crippen LogP contribution >= 0.6 is 0 Å². The number of carbonyl (C=O) groups is 3. The van der Waals surface area contributed by atoms with Gasteiger partial charge in [-0.05, 0) is 25.3 Å². The lowest BCUT2D eigenvalue weighted by atomic mass is 9.84. The molecule has 0 aromatic heterocycles. The molecule has 2 heterocycles. The number of nitrogens with two attached hydrogens (primary N) is 5. The van der Waals surface area contributed by atoms with Crippen molar-refractivity contribution in [2.45, 2.75) is 137 Å². The van der Waals surface area contributed by atoms with Gasteiger partial charge in [0.25, 0.3) is 0 Å². The van der Waals surface area contributed by atoms with Crippen molar-refractivity contribution in [1.29, 1.82) is 0 Å². The SMILES string of the molecule is CCC(=O)N[C@H](C)C(=O)N[C@@H](Cc1ccccc1)C(=O)NCC1OC(OC2C(N)CC(N)C(OC3OC(CN)C(O)CC3N)C2O)C(O)C(N)C1O. The van der Waals surface area contributed by atoms with E-state index in [9.17, 15) is 34.8 Å². The molecule has 3 aliphatic rings. The first kappa shape index (κ1) is 41.9. The van der Waals surface area contributed by atoms with Crippen molar-refractivity contribution in [3.05, 3.63) is 35.9 Å². The normalized spacial score (nSPS) is 37.8. The molecule has 16 atom stereocenters. The van der Waals surface area contributed by atoms with E-state index in [4.69, 9.17) is 47.6 Å². The van der Waals surface area contributed by atoms with Crippen LogP contribution < -0.4 is 44.6 Å². The van der Waals surface area contributed by atoms with Crippen LogP contribution in [-0.4, -0.2) is 149 Å². The van der Waals surface area contributed by atoms with Crippen molar-refractivity contribution < 1.29 is 53.8 Å². The van der Waals surface area contributed by atoms with Crippen LogP contribution in [0.4, 0.5) is 0 Å². The quantitative estimate of drug-likeness (QED) is 0.0846. The van der Waals surface area contributed by atoms with E-state index in [0.29, 0.717) is 0 Å². The molecule has 294 valence electrons. The van der Waals surface area contributed by atoms with Crippen molar-refractivity contribution >= 4 is 17.7 Å². The van der Waals surface area contributed by atoms with E-state index in [0.717, 1.165) is 5.56 Å². The van der Waals surface area contributed by atoms with E-state index >= 15 is 0 Å². The molecule has 0 bridgehead atoms. The smallest absolute Gasteiger partial charge is 0.243 e. The van der Waals surface area contributed by atoms with Gasteiger partial charge in [0.2, 0.25) is 17.7 Å². The third-order valence-corrected chi connectivity index (χ3v) is 9.72. The summed E-state index contributed by atoms with van der Waals surface area (Å²) in [5.41, 5.74) is 31.4. The van der Waals surface area contributed by atoms with Crippen LogP contribution in [0.25, 0.3) is 0 Å². The highest BCUT2D eigenvalue weighted by molar-refractivity contribution is 5.92. The van der Waals surface area contributed by atoms with Gasteiger partial charge in [-0.15, -0.1) is 0 Å². The summed E-state index contributed by atoms with van der Waals surface area (Å²) in [6, 6.07) is 3.28. The van der Waals surface area contributed by atoms with Crippen molar-refractivity contribution in [2.75, 3.05) is 13.1 Å². The van der Waals surface area contributed by atoms with Gasteiger partial charge in [0.15, 0.2) is 12.6 Å². The second-order valence-electron chi connectivity index (χ2n) is 13.7. The first-order chi connectivity index (χ1) is 24.6. The Morgan fingerprint density at radius 2 is 1.44 bits per heavy atom. The van der Waals surface area contributed by atoms with Gasteiger partial charge in [-0.2, -0.15) is 0 Å². The van der Waals surface area contributed by atoms with Crippen molar-refractivity contribution in [2.24, 2.45) is 28.7 Å². The van der Waals surface area contributed by atoms with E-state index < -0.39 is 109 Å². The second kappa shape index (κ2) is 18.9. The monoisotopic (exact) mass is 740 g/mol. The summed E-state index contributed by atoms with van der Waals surface area (Å²) >= 11 is 0. The predicted molar refractivity (Wildman–Crippen MR) is 184 cm³/mol. The van der Waals surface area contributed by atoms with Crippen molar-refractivity contribution in [1.82, 2.24) is 16.0 Å². The van der Waals surface area contributed by atoms with Gasteiger partial charge in [0.05, 0.1) is 30.4 Å². The Kier molecular flexibility index (Phi) is 15.2. The number of hydrogen-bond donors (Lipinski definition) is 12. The molecule has 3 fully saturated rings. The molecule has 1 saturated carbocycles. The number of benzene rings is 1. The first-order valence-electron chi connectivity index (χ1n) is 17.6. The number of hydrogen-bond acceptors (Lipinski definition) is 16. The minimum Gasteiger partial charge on any atom is -0.390 e. The Balaban J connectivity index is 1.42. The number of nitrogens with one attached hydrogen (secondary N) is 3. The minimum atomic E-state index is -1.58. The molecule has 19 nitrogen and oxygen atoms in total. The summed E-state index contributed by atoms with van der Waals surface area (Å²) in [5.74, 6) is -1.53. The number of rotatable bonds is 14. The maximum absolute atomic E-state index is 13.5. The average molecular weight is 741 g/mol. The summed E-state index contributed by atoms with van der Waals surface area (Å²) in [4.78, 5) is 38.3. The number of aliphatic hydroxyl groups is 4. The Hall–Kier alpha value is -2.89. The molecule has 0 spiro atoms.